The summed E-state index contributed by atoms with van der Waals surface area (Å²) >= 11 is 4.25. The number of nitrogens with one attached hydrogen (secondary N) is 1. The summed E-state index contributed by atoms with van der Waals surface area (Å²) < 4.78 is 1.25. The van der Waals surface area contributed by atoms with Crippen molar-refractivity contribution >= 4 is 45.2 Å². The van der Waals surface area contributed by atoms with Gasteiger partial charge in [0.2, 0.25) is 0 Å². The standard InChI is InChI=1S/C14H17IN2S/c15-11-6-2-3-7-12(11)16-13-17-14(10-18-13)8-4-1-5-9-14/h2-3,6-7H,1,4-5,8-10H2,(H,16,17). The molecule has 96 valence electrons. The fourth-order valence-electron chi connectivity index (χ4n) is 2.69. The number of benzene rings is 1. The van der Waals surface area contributed by atoms with Crippen molar-refractivity contribution in [3.05, 3.63) is 27.8 Å². The maximum absolute atomic E-state index is 4.98. The molecular formula is C14H17IN2S. The number of nitrogens with zero attached hydrogens (tertiary/aromatic N) is 1. The minimum Gasteiger partial charge on any atom is -0.334 e. The number of thioether (sulfide) groups is 1. The van der Waals surface area contributed by atoms with Crippen molar-refractivity contribution in [2.75, 3.05) is 11.1 Å². The number of halogens is 1. The van der Waals surface area contributed by atoms with Crippen molar-refractivity contribution in [3.8, 4) is 0 Å². The van der Waals surface area contributed by atoms with Gasteiger partial charge in [0.1, 0.15) is 0 Å². The van der Waals surface area contributed by atoms with Crippen molar-refractivity contribution in [1.82, 2.24) is 0 Å². The third-order valence-corrected chi connectivity index (χ3v) is 5.81. The van der Waals surface area contributed by atoms with Crippen LogP contribution in [-0.2, 0) is 0 Å². The summed E-state index contributed by atoms with van der Waals surface area (Å²) in [6, 6.07) is 8.39. The molecule has 1 N–H and O–H groups in total. The van der Waals surface area contributed by atoms with E-state index in [1.807, 2.05) is 11.8 Å². The Hall–Kier alpha value is -0.230. The van der Waals surface area contributed by atoms with Crippen LogP contribution in [0.5, 0.6) is 0 Å². The van der Waals surface area contributed by atoms with Crippen LogP contribution < -0.4 is 5.32 Å². The minimum absolute atomic E-state index is 0.255. The molecule has 1 aromatic rings. The zero-order valence-electron chi connectivity index (χ0n) is 10.3. The van der Waals surface area contributed by atoms with Crippen molar-refractivity contribution in [3.63, 3.8) is 0 Å². The second-order valence-corrected chi connectivity index (χ2v) is 7.22. The minimum atomic E-state index is 0.255. The quantitative estimate of drug-likeness (QED) is 0.734. The molecule has 4 heteroatoms. The van der Waals surface area contributed by atoms with E-state index in [0.717, 1.165) is 5.17 Å². The molecule has 0 saturated heterocycles. The van der Waals surface area contributed by atoms with E-state index in [-0.39, 0.29) is 5.54 Å². The Morgan fingerprint density at radius 1 is 1.17 bits per heavy atom. The first-order chi connectivity index (χ1) is 8.77. The number of amidine groups is 1. The number of rotatable bonds is 1. The smallest absolute Gasteiger partial charge is 0.161 e. The summed E-state index contributed by atoms with van der Waals surface area (Å²) in [6.07, 6.45) is 6.63. The van der Waals surface area contributed by atoms with E-state index in [4.69, 9.17) is 4.99 Å². The Labute approximate surface area is 126 Å². The highest BCUT2D eigenvalue weighted by molar-refractivity contribution is 14.1. The maximum atomic E-state index is 4.98. The predicted molar refractivity (Wildman–Crippen MR) is 88.5 cm³/mol. The first-order valence-corrected chi connectivity index (χ1v) is 8.58. The van der Waals surface area contributed by atoms with Crippen molar-refractivity contribution < 1.29 is 0 Å². The van der Waals surface area contributed by atoms with Crippen LogP contribution in [0.15, 0.2) is 29.3 Å². The molecule has 0 unspecified atom stereocenters. The van der Waals surface area contributed by atoms with E-state index in [1.54, 1.807) is 0 Å². The molecule has 0 amide bonds. The van der Waals surface area contributed by atoms with E-state index in [1.165, 1.54) is 47.1 Å². The highest BCUT2D eigenvalue weighted by Crippen LogP contribution is 2.40. The highest BCUT2D eigenvalue weighted by Gasteiger charge is 2.36. The Kier molecular flexibility index (Phi) is 3.84. The number of aliphatic imine (C=N–C) groups is 1. The average Bonchev–Trinajstić information content (AvgIpc) is 2.76. The van der Waals surface area contributed by atoms with Crippen LogP contribution >= 0.6 is 34.4 Å². The molecule has 3 rings (SSSR count). The first-order valence-electron chi connectivity index (χ1n) is 6.52. The second-order valence-electron chi connectivity index (χ2n) is 5.10. The van der Waals surface area contributed by atoms with E-state index in [9.17, 15) is 0 Å². The molecule has 1 saturated carbocycles. The fraction of sp³-hybridized carbons (Fsp3) is 0.500. The zero-order valence-corrected chi connectivity index (χ0v) is 13.3. The first kappa shape index (κ1) is 12.8. The molecule has 0 radical (unpaired) electrons. The van der Waals surface area contributed by atoms with Gasteiger partial charge in [0.25, 0.3) is 0 Å². The van der Waals surface area contributed by atoms with Crippen LogP contribution in [0.25, 0.3) is 0 Å². The van der Waals surface area contributed by atoms with Crippen LogP contribution in [0, 0.1) is 3.57 Å². The lowest BCUT2D eigenvalue weighted by molar-refractivity contribution is 0.335. The van der Waals surface area contributed by atoms with Gasteiger partial charge in [-0.3, -0.25) is 4.99 Å². The van der Waals surface area contributed by atoms with Gasteiger partial charge in [-0.05, 0) is 47.6 Å². The van der Waals surface area contributed by atoms with Crippen LogP contribution in [-0.4, -0.2) is 16.5 Å². The van der Waals surface area contributed by atoms with Crippen molar-refractivity contribution in [1.29, 1.82) is 0 Å². The molecule has 1 heterocycles. The zero-order chi connectivity index (χ0) is 12.4. The van der Waals surface area contributed by atoms with E-state index < -0.39 is 0 Å². The topological polar surface area (TPSA) is 24.4 Å². The Morgan fingerprint density at radius 3 is 2.72 bits per heavy atom. The Bertz CT molecular complexity index is 467. The molecule has 1 aromatic carbocycles. The van der Waals surface area contributed by atoms with Crippen LogP contribution in [0.2, 0.25) is 0 Å². The van der Waals surface area contributed by atoms with Gasteiger partial charge >= 0.3 is 0 Å². The third kappa shape index (κ3) is 2.69. The molecule has 1 aliphatic heterocycles. The molecule has 2 nitrogen and oxygen atoms in total. The molecule has 1 aliphatic carbocycles. The number of hydrogen-bond donors (Lipinski definition) is 1. The van der Waals surface area contributed by atoms with Crippen LogP contribution in [0.1, 0.15) is 32.1 Å². The SMILES string of the molecule is Ic1ccccc1NC1=NC2(CCCCC2)CS1. The molecule has 0 atom stereocenters. The molecule has 2 aliphatic rings. The summed E-state index contributed by atoms with van der Waals surface area (Å²) in [6.45, 7) is 0. The summed E-state index contributed by atoms with van der Waals surface area (Å²) in [5.74, 6) is 1.17. The van der Waals surface area contributed by atoms with E-state index >= 15 is 0 Å². The van der Waals surface area contributed by atoms with E-state index in [0.29, 0.717) is 0 Å². The molecule has 0 bridgehead atoms. The van der Waals surface area contributed by atoms with E-state index in [2.05, 4.69) is 52.2 Å². The lowest BCUT2D eigenvalue weighted by Gasteiger charge is -2.29. The fourth-order valence-corrected chi connectivity index (χ4v) is 4.41. The number of para-hydroxylation sites is 1. The molecule has 1 fully saturated rings. The van der Waals surface area contributed by atoms with Crippen molar-refractivity contribution in [2.45, 2.75) is 37.6 Å². The molecule has 1 spiro atoms. The van der Waals surface area contributed by atoms with Gasteiger partial charge in [0.15, 0.2) is 5.17 Å². The predicted octanol–water partition coefficient (Wildman–Crippen LogP) is 4.51. The monoisotopic (exact) mass is 372 g/mol. The van der Waals surface area contributed by atoms with Gasteiger partial charge in [-0.2, -0.15) is 0 Å². The average molecular weight is 372 g/mol. The lowest BCUT2D eigenvalue weighted by atomic mass is 9.84. The third-order valence-electron chi connectivity index (χ3n) is 3.72. The summed E-state index contributed by atoms with van der Waals surface area (Å²) in [7, 11) is 0. The Morgan fingerprint density at radius 2 is 1.94 bits per heavy atom. The van der Waals surface area contributed by atoms with Gasteiger partial charge in [0, 0.05) is 9.32 Å². The molecule has 0 aromatic heterocycles. The van der Waals surface area contributed by atoms with Gasteiger partial charge in [0.05, 0.1) is 11.2 Å². The lowest BCUT2D eigenvalue weighted by Crippen LogP contribution is -2.29. The second kappa shape index (κ2) is 5.41. The highest BCUT2D eigenvalue weighted by atomic mass is 127. The van der Waals surface area contributed by atoms with Gasteiger partial charge in [-0.15, -0.1) is 0 Å². The van der Waals surface area contributed by atoms with Crippen LogP contribution in [0.4, 0.5) is 5.69 Å². The van der Waals surface area contributed by atoms with Gasteiger partial charge < -0.3 is 5.32 Å². The normalized spacial score (nSPS) is 21.9. The maximum Gasteiger partial charge on any atom is 0.161 e. The Balaban J connectivity index is 1.74. The number of hydrogen-bond acceptors (Lipinski definition) is 3. The number of anilines is 1. The molecular weight excluding hydrogens is 355 g/mol. The largest absolute Gasteiger partial charge is 0.334 e. The van der Waals surface area contributed by atoms with Crippen LogP contribution in [0.3, 0.4) is 0 Å². The summed E-state index contributed by atoms with van der Waals surface area (Å²) in [5.41, 5.74) is 1.43. The summed E-state index contributed by atoms with van der Waals surface area (Å²) in [5, 5.41) is 4.60. The van der Waals surface area contributed by atoms with Gasteiger partial charge in [-0.25, -0.2) is 0 Å². The summed E-state index contributed by atoms with van der Waals surface area (Å²) in [4.78, 5) is 4.98. The molecule has 18 heavy (non-hydrogen) atoms. The van der Waals surface area contributed by atoms with Gasteiger partial charge in [-0.1, -0.05) is 43.2 Å². The van der Waals surface area contributed by atoms with Crippen molar-refractivity contribution in [2.24, 2.45) is 4.99 Å².